The topological polar surface area (TPSA) is 29.0 Å². The molecule has 1 aromatic heterocycles. The second kappa shape index (κ2) is 5.57. The fourth-order valence-electron chi connectivity index (χ4n) is 1.82. The van der Waals surface area contributed by atoms with Crippen LogP contribution in [-0.2, 0) is 0 Å². The van der Waals surface area contributed by atoms with Crippen molar-refractivity contribution >= 4 is 23.1 Å². The number of rotatable bonds is 3. The zero-order chi connectivity index (χ0) is 14.0. The molecule has 2 rings (SSSR count). The molecule has 0 aliphatic rings. The molecule has 100 valence electrons. The van der Waals surface area contributed by atoms with Crippen LogP contribution in [0.5, 0.6) is 0 Å². The van der Waals surface area contributed by atoms with Crippen LogP contribution in [-0.4, -0.2) is 17.0 Å². The van der Waals surface area contributed by atoms with Gasteiger partial charge in [-0.3, -0.25) is 0 Å². The van der Waals surface area contributed by atoms with Crippen molar-refractivity contribution in [2.45, 2.75) is 26.7 Å². The Labute approximate surface area is 119 Å². The molecule has 0 spiro atoms. The lowest BCUT2D eigenvalue weighted by molar-refractivity contribution is 0.772. The van der Waals surface area contributed by atoms with Crippen molar-refractivity contribution in [1.82, 2.24) is 9.97 Å². The van der Waals surface area contributed by atoms with Gasteiger partial charge >= 0.3 is 0 Å². The summed E-state index contributed by atoms with van der Waals surface area (Å²) in [7, 11) is 1.98. The lowest BCUT2D eigenvalue weighted by Crippen LogP contribution is -2.13. The summed E-state index contributed by atoms with van der Waals surface area (Å²) < 4.78 is 0. The molecule has 0 bridgehead atoms. The smallest absolute Gasteiger partial charge is 0.137 e. The Morgan fingerprint density at radius 2 is 1.89 bits per heavy atom. The summed E-state index contributed by atoms with van der Waals surface area (Å²) >= 11 is 6.08. The van der Waals surface area contributed by atoms with Crippen molar-refractivity contribution in [1.29, 1.82) is 0 Å². The molecule has 4 heteroatoms. The van der Waals surface area contributed by atoms with Crippen molar-refractivity contribution in [2.24, 2.45) is 0 Å². The first-order valence-electron chi connectivity index (χ1n) is 6.32. The minimum atomic E-state index is 0.253. The molecule has 0 radical (unpaired) electrons. The van der Waals surface area contributed by atoms with Crippen LogP contribution in [0.25, 0.3) is 0 Å². The monoisotopic (exact) mass is 275 g/mol. The van der Waals surface area contributed by atoms with E-state index < -0.39 is 0 Å². The van der Waals surface area contributed by atoms with Gasteiger partial charge in [0.25, 0.3) is 0 Å². The Balaban J connectivity index is 2.41. The number of hydrogen-bond donors (Lipinski definition) is 0. The van der Waals surface area contributed by atoms with Crippen molar-refractivity contribution in [3.8, 4) is 0 Å². The molecular formula is C15H18ClN3. The lowest BCUT2D eigenvalue weighted by Gasteiger charge is -2.20. The summed E-state index contributed by atoms with van der Waals surface area (Å²) in [6, 6.07) is 10.1. The normalized spacial score (nSPS) is 10.8. The van der Waals surface area contributed by atoms with Crippen LogP contribution in [0.2, 0.25) is 5.15 Å². The number of hydrogen-bond acceptors (Lipinski definition) is 3. The van der Waals surface area contributed by atoms with E-state index in [1.165, 1.54) is 5.56 Å². The highest BCUT2D eigenvalue weighted by molar-refractivity contribution is 6.29. The lowest BCUT2D eigenvalue weighted by atomic mass is 10.2. The highest BCUT2D eigenvalue weighted by atomic mass is 35.5. The minimum absolute atomic E-state index is 0.253. The highest BCUT2D eigenvalue weighted by Gasteiger charge is 2.11. The Morgan fingerprint density at radius 3 is 2.53 bits per heavy atom. The number of nitrogens with zero attached hydrogens (tertiary/aromatic N) is 3. The molecule has 0 unspecified atom stereocenters. The van der Waals surface area contributed by atoms with E-state index in [-0.39, 0.29) is 5.92 Å². The van der Waals surface area contributed by atoms with Gasteiger partial charge in [-0.25, -0.2) is 9.97 Å². The van der Waals surface area contributed by atoms with Crippen LogP contribution >= 0.6 is 11.6 Å². The Bertz CT molecular complexity index is 581. The predicted octanol–water partition coefficient (Wildman–Crippen LogP) is 4.33. The maximum Gasteiger partial charge on any atom is 0.137 e. The molecule has 0 atom stereocenters. The van der Waals surface area contributed by atoms with E-state index >= 15 is 0 Å². The molecule has 1 aromatic carbocycles. The molecule has 1 heterocycles. The van der Waals surface area contributed by atoms with E-state index in [4.69, 9.17) is 11.6 Å². The fourth-order valence-corrected chi connectivity index (χ4v) is 2.01. The van der Waals surface area contributed by atoms with Crippen molar-refractivity contribution in [3.05, 3.63) is 46.9 Å². The molecule has 0 aliphatic heterocycles. The van der Waals surface area contributed by atoms with Gasteiger partial charge in [-0.05, 0) is 24.6 Å². The van der Waals surface area contributed by atoms with Crippen LogP contribution in [0.4, 0.5) is 11.5 Å². The van der Waals surface area contributed by atoms with E-state index in [2.05, 4.69) is 48.9 Å². The Kier molecular flexibility index (Phi) is 4.05. The zero-order valence-electron chi connectivity index (χ0n) is 11.7. The summed E-state index contributed by atoms with van der Waals surface area (Å²) in [4.78, 5) is 10.8. The quantitative estimate of drug-likeness (QED) is 0.781. The van der Waals surface area contributed by atoms with Gasteiger partial charge in [-0.1, -0.05) is 37.6 Å². The van der Waals surface area contributed by atoms with Gasteiger partial charge in [-0.15, -0.1) is 0 Å². The number of aryl methyl sites for hydroxylation is 1. The van der Waals surface area contributed by atoms with Gasteiger partial charge in [0.1, 0.15) is 16.8 Å². The summed E-state index contributed by atoms with van der Waals surface area (Å²) in [6.45, 7) is 6.19. The molecular weight excluding hydrogens is 258 g/mol. The molecule has 0 saturated carbocycles. The zero-order valence-corrected chi connectivity index (χ0v) is 12.4. The standard InChI is InChI=1S/C15H18ClN3/c1-10(2)15-17-13(16)9-14(18-15)19(4)12-7-5-6-11(3)8-12/h5-10H,1-4H3. The van der Waals surface area contributed by atoms with E-state index in [1.54, 1.807) is 6.07 Å². The molecule has 3 nitrogen and oxygen atoms in total. The van der Waals surface area contributed by atoms with Crippen LogP contribution in [0.3, 0.4) is 0 Å². The molecule has 0 saturated heterocycles. The SMILES string of the molecule is Cc1cccc(N(C)c2cc(Cl)nc(C(C)C)n2)c1. The van der Waals surface area contributed by atoms with Gasteiger partial charge in [0.15, 0.2) is 0 Å². The van der Waals surface area contributed by atoms with E-state index in [1.807, 2.05) is 18.0 Å². The number of anilines is 2. The average Bonchev–Trinajstić information content (AvgIpc) is 2.37. The Morgan fingerprint density at radius 1 is 1.16 bits per heavy atom. The van der Waals surface area contributed by atoms with Gasteiger partial charge in [0, 0.05) is 24.7 Å². The van der Waals surface area contributed by atoms with Crippen LogP contribution < -0.4 is 4.90 Å². The molecule has 0 N–H and O–H groups in total. The second-order valence-electron chi connectivity index (χ2n) is 4.96. The van der Waals surface area contributed by atoms with Gasteiger partial charge in [0.2, 0.25) is 0 Å². The summed E-state index contributed by atoms with van der Waals surface area (Å²) in [5.74, 6) is 1.83. The fraction of sp³-hybridized carbons (Fsp3) is 0.333. The van der Waals surface area contributed by atoms with Crippen molar-refractivity contribution < 1.29 is 0 Å². The third kappa shape index (κ3) is 3.24. The average molecular weight is 276 g/mol. The van der Waals surface area contributed by atoms with Gasteiger partial charge in [-0.2, -0.15) is 0 Å². The molecule has 0 fully saturated rings. The maximum absolute atomic E-state index is 6.08. The first kappa shape index (κ1) is 13.8. The molecule has 0 aliphatic carbocycles. The Hall–Kier alpha value is -1.61. The van der Waals surface area contributed by atoms with Crippen LogP contribution in [0.15, 0.2) is 30.3 Å². The first-order valence-corrected chi connectivity index (χ1v) is 6.70. The van der Waals surface area contributed by atoms with Gasteiger partial charge in [0.05, 0.1) is 0 Å². The van der Waals surface area contributed by atoms with Crippen molar-refractivity contribution in [2.75, 3.05) is 11.9 Å². The summed E-state index contributed by atoms with van der Waals surface area (Å²) in [5, 5.41) is 0.480. The molecule has 2 aromatic rings. The summed E-state index contributed by atoms with van der Waals surface area (Å²) in [5.41, 5.74) is 2.30. The number of benzene rings is 1. The second-order valence-corrected chi connectivity index (χ2v) is 5.35. The van der Waals surface area contributed by atoms with Crippen molar-refractivity contribution in [3.63, 3.8) is 0 Å². The molecule has 0 amide bonds. The van der Waals surface area contributed by atoms with Crippen LogP contribution in [0.1, 0.15) is 31.2 Å². The maximum atomic E-state index is 6.08. The third-order valence-electron chi connectivity index (χ3n) is 2.95. The minimum Gasteiger partial charge on any atom is -0.329 e. The largest absolute Gasteiger partial charge is 0.329 e. The predicted molar refractivity (Wildman–Crippen MR) is 80.4 cm³/mol. The highest BCUT2D eigenvalue weighted by Crippen LogP contribution is 2.25. The molecule has 19 heavy (non-hydrogen) atoms. The first-order chi connectivity index (χ1) is 8.97. The summed E-state index contributed by atoms with van der Waals surface area (Å²) in [6.07, 6.45) is 0. The van der Waals surface area contributed by atoms with Crippen LogP contribution in [0, 0.1) is 6.92 Å². The number of halogens is 1. The van der Waals surface area contributed by atoms with E-state index in [0.717, 1.165) is 17.3 Å². The van der Waals surface area contributed by atoms with E-state index in [9.17, 15) is 0 Å². The van der Waals surface area contributed by atoms with E-state index in [0.29, 0.717) is 5.15 Å². The number of aromatic nitrogens is 2. The third-order valence-corrected chi connectivity index (χ3v) is 3.14. The van der Waals surface area contributed by atoms with Gasteiger partial charge < -0.3 is 4.90 Å².